The van der Waals surface area contributed by atoms with Gasteiger partial charge in [0.1, 0.15) is 4.90 Å². The van der Waals surface area contributed by atoms with E-state index in [0.717, 1.165) is 12.7 Å². The number of likely N-dealkylation sites (N-methyl/N-ethyl adjacent to an activating group) is 1. The molecule has 1 aromatic heterocycles. The number of aliphatic hydroxyl groups is 1. The molecule has 0 bridgehead atoms. The van der Waals surface area contributed by atoms with Crippen LogP contribution >= 0.6 is 0 Å². The van der Waals surface area contributed by atoms with E-state index in [1.807, 2.05) is 0 Å². The number of aryl methyl sites for hydroxylation is 1. The topological polar surface area (TPSA) is 84.2 Å². The molecule has 1 heterocycles. The predicted octanol–water partition coefficient (Wildman–Crippen LogP) is -0.353. The molecule has 2 N–H and O–H groups in total. The van der Waals surface area contributed by atoms with Crippen molar-refractivity contribution in [3.63, 3.8) is 0 Å². The van der Waals surface area contributed by atoms with Crippen molar-refractivity contribution in [2.24, 2.45) is 0 Å². The Morgan fingerprint density at radius 3 is 2.82 bits per heavy atom. The smallest absolute Gasteiger partial charge is 0.178 e. The van der Waals surface area contributed by atoms with Crippen LogP contribution in [0.25, 0.3) is 0 Å². The molecule has 1 unspecified atom stereocenters. The molecular formula is C10H19N3O3S. The summed E-state index contributed by atoms with van der Waals surface area (Å²) in [5.74, 6) is 0. The maximum absolute atomic E-state index is 11.2. The van der Waals surface area contributed by atoms with E-state index < -0.39 is 9.84 Å². The van der Waals surface area contributed by atoms with Crippen molar-refractivity contribution in [1.29, 1.82) is 0 Å². The first-order chi connectivity index (χ1) is 7.93. The normalized spacial score (nSPS) is 13.8. The van der Waals surface area contributed by atoms with Gasteiger partial charge in [-0.2, -0.15) is 5.10 Å². The lowest BCUT2D eigenvalue weighted by atomic mass is 10.2. The van der Waals surface area contributed by atoms with E-state index in [0.29, 0.717) is 19.5 Å². The molecule has 7 heteroatoms. The SMILES string of the molecule is CNCC(O)CCCn1cc(S(C)(=O)=O)cn1. The first-order valence-corrected chi connectivity index (χ1v) is 7.38. The molecule has 0 amide bonds. The van der Waals surface area contributed by atoms with Crippen LogP contribution in [0.15, 0.2) is 17.3 Å². The molecule has 0 saturated heterocycles. The number of aliphatic hydroxyl groups excluding tert-OH is 1. The Balaban J connectivity index is 2.41. The summed E-state index contributed by atoms with van der Waals surface area (Å²) in [5, 5.41) is 16.3. The lowest BCUT2D eigenvalue weighted by molar-refractivity contribution is 0.159. The number of nitrogens with zero attached hydrogens (tertiary/aromatic N) is 2. The van der Waals surface area contributed by atoms with Gasteiger partial charge in [0.25, 0.3) is 0 Å². The molecule has 0 radical (unpaired) electrons. The third-order valence-electron chi connectivity index (χ3n) is 2.40. The van der Waals surface area contributed by atoms with Crippen molar-refractivity contribution < 1.29 is 13.5 Å². The first-order valence-electron chi connectivity index (χ1n) is 5.48. The van der Waals surface area contributed by atoms with E-state index in [9.17, 15) is 13.5 Å². The maximum atomic E-state index is 11.2. The predicted molar refractivity (Wildman–Crippen MR) is 64.5 cm³/mol. The van der Waals surface area contributed by atoms with Crippen molar-refractivity contribution in [3.05, 3.63) is 12.4 Å². The van der Waals surface area contributed by atoms with Crippen LogP contribution in [0.3, 0.4) is 0 Å². The molecule has 17 heavy (non-hydrogen) atoms. The molecule has 0 saturated carbocycles. The summed E-state index contributed by atoms with van der Waals surface area (Å²) in [4.78, 5) is 0.230. The highest BCUT2D eigenvalue weighted by atomic mass is 32.2. The minimum Gasteiger partial charge on any atom is -0.392 e. The van der Waals surface area contributed by atoms with Crippen molar-refractivity contribution >= 4 is 9.84 Å². The van der Waals surface area contributed by atoms with Crippen LogP contribution in [0.4, 0.5) is 0 Å². The number of nitrogens with one attached hydrogen (secondary N) is 1. The zero-order valence-corrected chi connectivity index (χ0v) is 10.9. The number of rotatable bonds is 7. The van der Waals surface area contributed by atoms with Crippen LogP contribution in [0.2, 0.25) is 0 Å². The molecule has 0 aliphatic heterocycles. The molecule has 1 aromatic rings. The third kappa shape index (κ3) is 4.84. The Labute approximate surface area is 102 Å². The molecule has 98 valence electrons. The summed E-state index contributed by atoms with van der Waals surface area (Å²) < 4.78 is 24.0. The van der Waals surface area contributed by atoms with Crippen LogP contribution in [0.1, 0.15) is 12.8 Å². The van der Waals surface area contributed by atoms with Crippen molar-refractivity contribution in [2.75, 3.05) is 19.8 Å². The Bertz CT molecular complexity index is 441. The zero-order chi connectivity index (χ0) is 12.9. The van der Waals surface area contributed by atoms with Gasteiger partial charge in [-0.3, -0.25) is 4.68 Å². The second kappa shape index (κ2) is 6.13. The molecule has 1 rings (SSSR count). The van der Waals surface area contributed by atoms with Crippen molar-refractivity contribution in [2.45, 2.75) is 30.4 Å². The second-order valence-electron chi connectivity index (χ2n) is 4.07. The van der Waals surface area contributed by atoms with Gasteiger partial charge in [-0.05, 0) is 19.9 Å². The largest absolute Gasteiger partial charge is 0.392 e. The molecule has 0 aliphatic carbocycles. The van der Waals surface area contributed by atoms with Gasteiger partial charge in [0.2, 0.25) is 0 Å². The van der Waals surface area contributed by atoms with E-state index in [-0.39, 0.29) is 11.0 Å². The van der Waals surface area contributed by atoms with Gasteiger partial charge in [-0.15, -0.1) is 0 Å². The summed E-state index contributed by atoms with van der Waals surface area (Å²) in [6, 6.07) is 0. The summed E-state index contributed by atoms with van der Waals surface area (Å²) in [6.07, 6.45) is 5.07. The van der Waals surface area contributed by atoms with E-state index >= 15 is 0 Å². The summed E-state index contributed by atoms with van der Waals surface area (Å²) in [6.45, 7) is 1.17. The summed E-state index contributed by atoms with van der Waals surface area (Å²) in [7, 11) is -1.39. The number of hydrogen-bond donors (Lipinski definition) is 2. The second-order valence-corrected chi connectivity index (χ2v) is 6.08. The average molecular weight is 261 g/mol. The fourth-order valence-electron chi connectivity index (χ4n) is 1.48. The number of aromatic nitrogens is 2. The third-order valence-corrected chi connectivity index (χ3v) is 3.47. The van der Waals surface area contributed by atoms with E-state index in [1.54, 1.807) is 11.7 Å². The van der Waals surface area contributed by atoms with Gasteiger partial charge in [0.05, 0.1) is 12.3 Å². The first kappa shape index (κ1) is 14.1. The minimum atomic E-state index is -3.17. The minimum absolute atomic E-state index is 0.230. The van der Waals surface area contributed by atoms with Crippen molar-refractivity contribution in [1.82, 2.24) is 15.1 Å². The number of sulfone groups is 1. The van der Waals surface area contributed by atoms with Gasteiger partial charge >= 0.3 is 0 Å². The maximum Gasteiger partial charge on any atom is 0.178 e. The van der Waals surface area contributed by atoms with Crippen molar-refractivity contribution in [3.8, 4) is 0 Å². The molecular weight excluding hydrogens is 242 g/mol. The highest BCUT2D eigenvalue weighted by molar-refractivity contribution is 7.90. The molecule has 1 atom stereocenters. The fourth-order valence-corrected chi connectivity index (χ4v) is 2.04. The lowest BCUT2D eigenvalue weighted by Gasteiger charge is -2.09. The van der Waals surface area contributed by atoms with Gasteiger partial charge in [-0.25, -0.2) is 8.42 Å². The Morgan fingerprint density at radius 1 is 1.59 bits per heavy atom. The molecule has 0 spiro atoms. The average Bonchev–Trinajstić information content (AvgIpc) is 2.66. The Kier molecular flexibility index (Phi) is 5.10. The molecule has 0 fully saturated rings. The van der Waals surface area contributed by atoms with Gasteiger partial charge < -0.3 is 10.4 Å². The number of hydrogen-bond acceptors (Lipinski definition) is 5. The van der Waals surface area contributed by atoms with Gasteiger partial charge in [0, 0.05) is 25.5 Å². The standard InChI is InChI=1S/C10H19N3O3S/c1-11-6-9(14)4-3-5-13-8-10(7-12-13)17(2,15)16/h7-9,11,14H,3-6H2,1-2H3. The van der Waals surface area contributed by atoms with Crippen LogP contribution in [0.5, 0.6) is 0 Å². The van der Waals surface area contributed by atoms with Crippen LogP contribution in [-0.2, 0) is 16.4 Å². The highest BCUT2D eigenvalue weighted by Crippen LogP contribution is 2.07. The molecule has 0 aliphatic rings. The van der Waals surface area contributed by atoms with Gasteiger partial charge in [0.15, 0.2) is 9.84 Å². The summed E-state index contributed by atoms with van der Waals surface area (Å²) >= 11 is 0. The molecule has 0 aromatic carbocycles. The highest BCUT2D eigenvalue weighted by Gasteiger charge is 2.10. The van der Waals surface area contributed by atoms with Crippen LogP contribution in [-0.4, -0.2) is 49.3 Å². The fraction of sp³-hybridized carbons (Fsp3) is 0.700. The van der Waals surface area contributed by atoms with E-state index in [4.69, 9.17) is 0 Å². The molecule has 6 nitrogen and oxygen atoms in total. The quantitative estimate of drug-likeness (QED) is 0.700. The zero-order valence-electron chi connectivity index (χ0n) is 10.1. The van der Waals surface area contributed by atoms with Gasteiger partial charge in [-0.1, -0.05) is 0 Å². The van der Waals surface area contributed by atoms with Crippen LogP contribution < -0.4 is 5.32 Å². The monoisotopic (exact) mass is 261 g/mol. The summed E-state index contributed by atoms with van der Waals surface area (Å²) in [5.41, 5.74) is 0. The van der Waals surface area contributed by atoms with E-state index in [2.05, 4.69) is 10.4 Å². The Morgan fingerprint density at radius 2 is 2.29 bits per heavy atom. The lowest BCUT2D eigenvalue weighted by Crippen LogP contribution is -2.23. The van der Waals surface area contributed by atoms with Crippen LogP contribution in [0, 0.1) is 0 Å². The van der Waals surface area contributed by atoms with E-state index in [1.165, 1.54) is 12.4 Å². The Hall–Kier alpha value is -0.920.